The molecule has 1 N–H and O–H groups in total. The van der Waals surface area contributed by atoms with Gasteiger partial charge >= 0.3 is 0 Å². The van der Waals surface area contributed by atoms with Crippen molar-refractivity contribution in [3.63, 3.8) is 0 Å². The molecule has 0 amide bonds. The summed E-state index contributed by atoms with van der Waals surface area (Å²) in [5.74, 6) is 0. The summed E-state index contributed by atoms with van der Waals surface area (Å²) >= 11 is 5.66. The molecule has 1 atom stereocenters. The van der Waals surface area contributed by atoms with E-state index in [-0.39, 0.29) is 6.04 Å². The number of fused-ring (bicyclic) bond motifs is 1. The van der Waals surface area contributed by atoms with E-state index in [0.29, 0.717) is 0 Å². The Morgan fingerprint density at radius 2 is 2.19 bits per heavy atom. The normalized spacial score (nSPS) is 16.0. The highest BCUT2D eigenvalue weighted by Crippen LogP contribution is 2.37. The van der Waals surface area contributed by atoms with E-state index in [0.717, 1.165) is 17.6 Å². The molecule has 0 saturated carbocycles. The molecular weight excluding hydrogens is 346 g/mol. The molecule has 0 saturated heterocycles. The van der Waals surface area contributed by atoms with Gasteiger partial charge in [0.05, 0.1) is 22.4 Å². The number of nitrogens with zero attached hydrogens (tertiary/aromatic N) is 2. The van der Waals surface area contributed by atoms with Crippen LogP contribution in [-0.4, -0.2) is 16.3 Å². The number of aryl methyl sites for hydroxylation is 3. The highest BCUT2D eigenvalue weighted by molar-refractivity contribution is 9.10. The van der Waals surface area contributed by atoms with Crippen LogP contribution in [0.3, 0.4) is 0 Å². The van der Waals surface area contributed by atoms with Crippen molar-refractivity contribution in [3.8, 4) is 0 Å². The van der Waals surface area contributed by atoms with Crippen molar-refractivity contribution in [1.29, 1.82) is 0 Å². The molecule has 3 nitrogen and oxygen atoms in total. The zero-order valence-electron chi connectivity index (χ0n) is 12.7. The average Bonchev–Trinajstić information content (AvgIpc) is 3.08. The minimum absolute atomic E-state index is 0.238. The second kappa shape index (κ2) is 6.63. The van der Waals surface area contributed by atoms with Gasteiger partial charge in [0.15, 0.2) is 0 Å². The van der Waals surface area contributed by atoms with Gasteiger partial charge in [0.2, 0.25) is 0 Å². The van der Waals surface area contributed by atoms with Crippen LogP contribution in [0.15, 0.2) is 16.7 Å². The minimum Gasteiger partial charge on any atom is -0.305 e. The minimum atomic E-state index is 0.238. The molecule has 21 heavy (non-hydrogen) atoms. The van der Waals surface area contributed by atoms with Crippen molar-refractivity contribution in [2.75, 3.05) is 6.54 Å². The summed E-state index contributed by atoms with van der Waals surface area (Å²) in [5.41, 5.74) is 2.82. The Balaban J connectivity index is 2.01. The van der Waals surface area contributed by atoms with Gasteiger partial charge in [-0.1, -0.05) is 6.92 Å². The maximum Gasteiger partial charge on any atom is 0.0853 e. The molecule has 0 spiro atoms. The first-order valence-corrected chi connectivity index (χ1v) is 9.41. The van der Waals surface area contributed by atoms with Gasteiger partial charge in [0.1, 0.15) is 0 Å². The number of halogens is 1. The van der Waals surface area contributed by atoms with E-state index < -0.39 is 0 Å². The molecule has 0 radical (unpaired) electrons. The lowest BCUT2D eigenvalue weighted by Gasteiger charge is -2.18. The largest absolute Gasteiger partial charge is 0.305 e. The van der Waals surface area contributed by atoms with Crippen LogP contribution in [0.4, 0.5) is 0 Å². The van der Waals surface area contributed by atoms with Crippen LogP contribution >= 0.6 is 27.3 Å². The van der Waals surface area contributed by atoms with E-state index in [1.54, 1.807) is 10.4 Å². The lowest BCUT2D eigenvalue weighted by Crippen LogP contribution is -2.24. The Kier molecular flexibility index (Phi) is 4.82. The summed E-state index contributed by atoms with van der Waals surface area (Å²) in [6, 6.07) is 2.66. The second-order valence-corrected chi connectivity index (χ2v) is 7.51. The number of hydrogen-bond acceptors (Lipinski definition) is 3. The van der Waals surface area contributed by atoms with E-state index in [1.807, 2.05) is 17.5 Å². The predicted molar refractivity (Wildman–Crippen MR) is 92.1 cm³/mol. The highest BCUT2D eigenvalue weighted by atomic mass is 79.9. The first kappa shape index (κ1) is 15.3. The molecule has 0 bridgehead atoms. The lowest BCUT2D eigenvalue weighted by atomic mass is 9.98. The zero-order valence-corrected chi connectivity index (χ0v) is 15.1. The van der Waals surface area contributed by atoms with E-state index in [4.69, 9.17) is 0 Å². The number of hydrogen-bond donors (Lipinski definition) is 1. The predicted octanol–water partition coefficient (Wildman–Crippen LogP) is 4.30. The molecule has 2 heterocycles. The van der Waals surface area contributed by atoms with Gasteiger partial charge in [-0.25, -0.2) is 0 Å². The fourth-order valence-corrected chi connectivity index (χ4v) is 4.97. The summed E-state index contributed by atoms with van der Waals surface area (Å²) < 4.78 is 3.19. The standard InChI is InChI=1S/C16H22BrN3S/c1-3-18-15(16-12(17)10-19-20(16)4-2)14-9-11-7-5-6-8-13(11)21-14/h9-10,15,18H,3-8H2,1-2H3. The maximum absolute atomic E-state index is 4.48. The van der Waals surface area contributed by atoms with Gasteiger partial charge in [-0.2, -0.15) is 5.10 Å². The highest BCUT2D eigenvalue weighted by Gasteiger charge is 2.24. The van der Waals surface area contributed by atoms with Crippen molar-refractivity contribution in [2.24, 2.45) is 0 Å². The Bertz CT molecular complexity index is 594. The fourth-order valence-electron chi connectivity index (χ4n) is 3.10. The number of nitrogens with one attached hydrogen (secondary N) is 1. The smallest absolute Gasteiger partial charge is 0.0853 e. The van der Waals surface area contributed by atoms with Gasteiger partial charge in [-0.05, 0) is 66.7 Å². The molecule has 2 aromatic heterocycles. The third-order valence-corrected chi connectivity index (χ3v) is 6.03. The van der Waals surface area contributed by atoms with E-state index >= 15 is 0 Å². The Morgan fingerprint density at radius 1 is 1.38 bits per heavy atom. The Labute approximate surface area is 138 Å². The van der Waals surface area contributed by atoms with Gasteiger partial charge < -0.3 is 5.32 Å². The number of rotatable bonds is 5. The van der Waals surface area contributed by atoms with Crippen LogP contribution in [0.25, 0.3) is 0 Å². The van der Waals surface area contributed by atoms with Gasteiger partial charge in [0, 0.05) is 16.3 Å². The first-order valence-electron chi connectivity index (χ1n) is 7.80. The summed E-state index contributed by atoms with van der Waals surface area (Å²) in [7, 11) is 0. The van der Waals surface area contributed by atoms with Gasteiger partial charge in [-0.3, -0.25) is 4.68 Å². The number of aromatic nitrogens is 2. The van der Waals surface area contributed by atoms with E-state index in [1.165, 1.54) is 36.3 Å². The Hall–Kier alpha value is -0.650. The molecule has 114 valence electrons. The molecule has 3 rings (SSSR count). The SMILES string of the molecule is CCNC(c1cc2c(s1)CCCC2)c1c(Br)cnn1CC. The monoisotopic (exact) mass is 367 g/mol. The molecule has 0 aliphatic heterocycles. The first-order chi connectivity index (χ1) is 10.2. The summed E-state index contributed by atoms with van der Waals surface area (Å²) in [6.07, 6.45) is 7.10. The third-order valence-electron chi connectivity index (χ3n) is 4.11. The van der Waals surface area contributed by atoms with Crippen molar-refractivity contribution in [2.45, 2.75) is 52.1 Å². The van der Waals surface area contributed by atoms with E-state index in [9.17, 15) is 0 Å². The fraction of sp³-hybridized carbons (Fsp3) is 0.562. The van der Waals surface area contributed by atoms with Crippen molar-refractivity contribution >= 4 is 27.3 Å². The molecule has 0 fully saturated rings. The molecule has 1 aliphatic carbocycles. The van der Waals surface area contributed by atoms with Crippen LogP contribution in [0, 0.1) is 0 Å². The van der Waals surface area contributed by atoms with Crippen LogP contribution in [0.2, 0.25) is 0 Å². The quantitative estimate of drug-likeness (QED) is 0.853. The zero-order chi connectivity index (χ0) is 14.8. The molecule has 2 aromatic rings. The van der Waals surface area contributed by atoms with Crippen molar-refractivity contribution in [3.05, 3.63) is 37.7 Å². The topological polar surface area (TPSA) is 29.9 Å². The lowest BCUT2D eigenvalue weighted by molar-refractivity contribution is 0.545. The van der Waals surface area contributed by atoms with Crippen LogP contribution in [0.1, 0.15) is 53.7 Å². The summed E-state index contributed by atoms with van der Waals surface area (Å²) in [5, 5.41) is 8.12. The number of thiophene rings is 1. The molecule has 1 aliphatic rings. The van der Waals surface area contributed by atoms with Crippen molar-refractivity contribution < 1.29 is 0 Å². The van der Waals surface area contributed by atoms with E-state index in [2.05, 4.69) is 50.9 Å². The van der Waals surface area contributed by atoms with Gasteiger partial charge in [-0.15, -0.1) is 11.3 Å². The third kappa shape index (κ3) is 2.96. The van der Waals surface area contributed by atoms with Crippen LogP contribution < -0.4 is 5.32 Å². The molecular formula is C16H22BrN3S. The molecule has 1 unspecified atom stereocenters. The van der Waals surface area contributed by atoms with Crippen LogP contribution in [-0.2, 0) is 19.4 Å². The Morgan fingerprint density at radius 3 is 2.90 bits per heavy atom. The summed E-state index contributed by atoms with van der Waals surface area (Å²) in [4.78, 5) is 3.03. The molecule has 5 heteroatoms. The average molecular weight is 368 g/mol. The summed E-state index contributed by atoms with van der Waals surface area (Å²) in [6.45, 7) is 6.16. The van der Waals surface area contributed by atoms with Crippen molar-refractivity contribution in [1.82, 2.24) is 15.1 Å². The van der Waals surface area contributed by atoms with Gasteiger partial charge in [0.25, 0.3) is 0 Å². The van der Waals surface area contributed by atoms with Crippen LogP contribution in [0.5, 0.6) is 0 Å². The molecule has 0 aromatic carbocycles. The second-order valence-electron chi connectivity index (χ2n) is 5.49. The maximum atomic E-state index is 4.48.